The van der Waals surface area contributed by atoms with Crippen LogP contribution in [0.1, 0.15) is 141 Å². The lowest BCUT2D eigenvalue weighted by molar-refractivity contribution is -0.193. The van der Waals surface area contributed by atoms with Gasteiger partial charge in [0.05, 0.1) is 11.7 Å². The maximum absolute atomic E-state index is 14.5. The molecule has 310 valence electrons. The molecule has 8 rings (SSSR count). The van der Waals surface area contributed by atoms with Crippen molar-refractivity contribution in [1.29, 1.82) is 0 Å². The van der Waals surface area contributed by atoms with E-state index in [0.717, 1.165) is 67.3 Å². The van der Waals surface area contributed by atoms with Crippen LogP contribution in [0, 0.1) is 45.3 Å². The monoisotopic (exact) mass is 781 g/mol. The van der Waals surface area contributed by atoms with E-state index in [9.17, 15) is 24.9 Å². The van der Waals surface area contributed by atoms with Crippen molar-refractivity contribution in [3.8, 4) is 5.75 Å². The Hall–Kier alpha value is -3.04. The molecular formula is C49H68N2O6. The molecular weight excluding hydrogens is 713 g/mol. The fourth-order valence-electron chi connectivity index (χ4n) is 15.1. The molecule has 2 aromatic carbocycles. The van der Waals surface area contributed by atoms with Gasteiger partial charge in [-0.05, 0) is 159 Å². The van der Waals surface area contributed by atoms with Gasteiger partial charge in [-0.15, -0.1) is 0 Å². The fourth-order valence-corrected chi connectivity index (χ4v) is 15.1. The van der Waals surface area contributed by atoms with E-state index in [-0.39, 0.29) is 64.5 Å². The summed E-state index contributed by atoms with van der Waals surface area (Å²) in [6.07, 6.45) is 8.04. The van der Waals surface area contributed by atoms with Crippen LogP contribution >= 0.6 is 0 Å². The van der Waals surface area contributed by atoms with E-state index >= 15 is 0 Å². The van der Waals surface area contributed by atoms with Gasteiger partial charge in [0.1, 0.15) is 17.6 Å². The number of carbonyl (C=O) groups excluding carboxylic acids is 2. The number of hydrogen-bond acceptors (Lipinski definition) is 8. The molecule has 2 aromatic rings. The van der Waals surface area contributed by atoms with Crippen LogP contribution in [0.25, 0.3) is 0 Å². The summed E-state index contributed by atoms with van der Waals surface area (Å²) in [6.45, 7) is 14.0. The number of hydrogen-bond donors (Lipinski definition) is 5. The molecule has 0 spiro atoms. The Morgan fingerprint density at radius 2 is 1.75 bits per heavy atom. The highest BCUT2D eigenvalue weighted by molar-refractivity contribution is 6.00. The summed E-state index contributed by atoms with van der Waals surface area (Å²) < 4.78 is 6.47. The van der Waals surface area contributed by atoms with Crippen LogP contribution in [-0.2, 0) is 20.9 Å². The number of phenolic OH excluding ortho intramolecular Hbond substituents is 1. The van der Waals surface area contributed by atoms with Crippen LogP contribution in [0.3, 0.4) is 0 Å². The maximum atomic E-state index is 14.5. The zero-order valence-electron chi connectivity index (χ0n) is 35.5. The lowest BCUT2D eigenvalue weighted by Crippen LogP contribution is -2.64. The summed E-state index contributed by atoms with van der Waals surface area (Å²) in [6, 6.07) is 13.9. The normalized spacial score (nSPS) is 39.4. The molecule has 6 N–H and O–H groups in total. The van der Waals surface area contributed by atoms with Gasteiger partial charge in [-0.2, -0.15) is 0 Å². The van der Waals surface area contributed by atoms with Crippen LogP contribution in [0.15, 0.2) is 53.6 Å². The van der Waals surface area contributed by atoms with Crippen LogP contribution in [0.5, 0.6) is 5.75 Å². The van der Waals surface area contributed by atoms with E-state index in [1.165, 1.54) is 11.1 Å². The van der Waals surface area contributed by atoms with Crippen molar-refractivity contribution in [3.05, 3.63) is 70.3 Å². The quantitative estimate of drug-likeness (QED) is 0.113. The zero-order chi connectivity index (χ0) is 40.9. The van der Waals surface area contributed by atoms with Crippen molar-refractivity contribution in [3.63, 3.8) is 0 Å². The molecule has 0 amide bonds. The van der Waals surface area contributed by atoms with Crippen molar-refractivity contribution in [2.45, 2.75) is 148 Å². The molecule has 5 fully saturated rings. The number of nitrogens with one attached hydrogen (secondary N) is 1. The van der Waals surface area contributed by atoms with Gasteiger partial charge in [0, 0.05) is 42.0 Å². The Kier molecular flexibility index (Phi) is 10.2. The average molecular weight is 781 g/mol. The van der Waals surface area contributed by atoms with Gasteiger partial charge in [-0.25, -0.2) is 0 Å². The van der Waals surface area contributed by atoms with Gasteiger partial charge in [-0.1, -0.05) is 64.8 Å². The van der Waals surface area contributed by atoms with Crippen LogP contribution in [-0.4, -0.2) is 58.3 Å². The summed E-state index contributed by atoms with van der Waals surface area (Å²) in [7, 11) is 1.88. The third-order valence-corrected chi connectivity index (χ3v) is 17.5. The molecule has 1 heterocycles. The average Bonchev–Trinajstić information content (AvgIpc) is 3.45. The van der Waals surface area contributed by atoms with E-state index in [0.29, 0.717) is 44.1 Å². The number of ether oxygens (including phenoxy) is 1. The molecule has 12 unspecified atom stereocenters. The number of epoxide rings is 1. The third-order valence-electron chi connectivity index (χ3n) is 17.5. The number of rotatable bonds is 11. The Balaban J connectivity index is 1.07. The number of ketones is 2. The van der Waals surface area contributed by atoms with Gasteiger partial charge >= 0.3 is 0 Å². The molecule has 1 aliphatic heterocycles. The lowest BCUT2D eigenvalue weighted by atomic mass is 9.34. The Labute approximate surface area is 340 Å². The molecule has 0 bridgehead atoms. The second kappa shape index (κ2) is 14.3. The number of aliphatic hydroxyl groups excluding tert-OH is 2. The molecule has 57 heavy (non-hydrogen) atoms. The first-order valence-corrected chi connectivity index (χ1v) is 22.1. The van der Waals surface area contributed by atoms with E-state index in [1.807, 2.05) is 19.2 Å². The number of aliphatic hydroxyl groups is 2. The van der Waals surface area contributed by atoms with Crippen LogP contribution in [0.4, 0.5) is 5.69 Å². The summed E-state index contributed by atoms with van der Waals surface area (Å²) in [4.78, 5) is 29.0. The molecule has 5 aliphatic carbocycles. The van der Waals surface area contributed by atoms with Gasteiger partial charge in [0.15, 0.2) is 5.78 Å². The third kappa shape index (κ3) is 6.20. The van der Waals surface area contributed by atoms with Gasteiger partial charge < -0.3 is 31.1 Å². The molecule has 1 saturated heterocycles. The van der Waals surface area contributed by atoms with E-state index in [4.69, 9.17) is 10.5 Å². The molecule has 0 radical (unpaired) electrons. The first-order chi connectivity index (χ1) is 26.9. The number of fused-ring (bicyclic) bond motifs is 5. The minimum absolute atomic E-state index is 0.0545. The summed E-state index contributed by atoms with van der Waals surface area (Å²) in [5, 5.41) is 36.7. The van der Waals surface area contributed by atoms with E-state index in [2.05, 4.69) is 65.1 Å². The topological polar surface area (TPSA) is 145 Å². The van der Waals surface area contributed by atoms with Gasteiger partial charge in [0.2, 0.25) is 0 Å². The number of phenols is 1. The summed E-state index contributed by atoms with van der Waals surface area (Å²) in [5.41, 5.74) is 10.3. The van der Waals surface area contributed by atoms with Crippen molar-refractivity contribution in [1.82, 2.24) is 5.32 Å². The largest absolute Gasteiger partial charge is 0.508 e. The van der Waals surface area contributed by atoms with Crippen molar-refractivity contribution in [2.24, 2.45) is 45.3 Å². The summed E-state index contributed by atoms with van der Waals surface area (Å²) >= 11 is 0. The zero-order valence-corrected chi connectivity index (χ0v) is 35.5. The maximum Gasteiger partial charge on any atom is 0.159 e. The molecule has 12 atom stereocenters. The molecule has 4 saturated carbocycles. The van der Waals surface area contributed by atoms with E-state index in [1.54, 1.807) is 12.1 Å². The predicted octanol–water partition coefficient (Wildman–Crippen LogP) is 8.38. The molecule has 8 heteroatoms. The fraction of sp³-hybridized carbons (Fsp3) is 0.673. The number of benzene rings is 2. The van der Waals surface area contributed by atoms with E-state index < -0.39 is 22.5 Å². The number of aromatic hydroxyl groups is 1. The minimum Gasteiger partial charge on any atom is -0.508 e. The number of anilines is 1. The van der Waals surface area contributed by atoms with Gasteiger partial charge in [0.25, 0.3) is 0 Å². The van der Waals surface area contributed by atoms with Crippen molar-refractivity contribution >= 4 is 17.3 Å². The Morgan fingerprint density at radius 1 is 0.982 bits per heavy atom. The first kappa shape index (κ1) is 40.7. The highest BCUT2D eigenvalue weighted by Gasteiger charge is 2.70. The number of carbonyl (C=O) groups is 2. The second-order valence-electron chi connectivity index (χ2n) is 20.7. The summed E-state index contributed by atoms with van der Waals surface area (Å²) in [5.74, 6) is 1.21. The highest BCUT2D eigenvalue weighted by Crippen LogP contribution is 2.76. The number of nitrogens with two attached hydrogens (primary N) is 1. The number of Topliss-reactive ketones (excluding diaryl/α,β-unsaturated/α-hetero) is 2. The van der Waals surface area contributed by atoms with Crippen molar-refractivity contribution < 1.29 is 29.6 Å². The SMILES string of the molecule is CNCc1cc(O)cc(C2CC3(C)C(CCC4(CCO)C3CCC3=C(C(C)CC(O)C5OC5(C)C5CCCC5c5cccc(N)c5)C(=O)CC34C)C(C)(C)C2=O)c1. The lowest BCUT2D eigenvalue weighted by Gasteiger charge is -2.69. The molecule has 6 aliphatic rings. The molecule has 0 aromatic heterocycles. The number of nitrogen functional groups attached to an aromatic ring is 1. The Morgan fingerprint density at radius 3 is 2.47 bits per heavy atom. The Bertz CT molecular complexity index is 1960. The van der Waals surface area contributed by atoms with Crippen molar-refractivity contribution in [2.75, 3.05) is 19.4 Å². The first-order valence-electron chi connectivity index (χ1n) is 22.1. The second-order valence-corrected chi connectivity index (χ2v) is 20.7. The standard InChI is InChI=1S/C49H68N2O6/c1-28(20-38(54)44-48(6,57-44)36-13-9-12-34(36)30-10-8-11-32(50)23-30)42-37-14-15-41-46(4)25-35(31-21-29(27-51-7)22-33(53)24-31)43(56)45(2,3)40(46)16-17-49(41,18-19-52)47(37,5)26-39(42)55/h8,10-11,21-24,28,34-36,38,40-41,44,51-54H,9,12-20,25-27,50H2,1-7H3. The van der Waals surface area contributed by atoms with Crippen LogP contribution < -0.4 is 11.1 Å². The number of allylic oxidation sites excluding steroid dienone is 2. The van der Waals surface area contributed by atoms with Crippen LogP contribution in [0.2, 0.25) is 0 Å². The van der Waals surface area contributed by atoms with Gasteiger partial charge in [-0.3, -0.25) is 9.59 Å². The minimum atomic E-state index is -0.679. The molecule has 8 nitrogen and oxygen atoms in total. The highest BCUT2D eigenvalue weighted by atomic mass is 16.6. The smallest absolute Gasteiger partial charge is 0.159 e. The predicted molar refractivity (Wildman–Crippen MR) is 223 cm³/mol.